The Morgan fingerprint density at radius 1 is 1.14 bits per heavy atom. The van der Waals surface area contributed by atoms with Crippen molar-refractivity contribution in [2.45, 2.75) is 13.5 Å². The van der Waals surface area contributed by atoms with Gasteiger partial charge in [0.15, 0.2) is 4.32 Å². The lowest BCUT2D eigenvalue weighted by molar-refractivity contribution is -0.113. The Labute approximate surface area is 179 Å². The molecule has 3 aromatic rings. The fourth-order valence-corrected chi connectivity index (χ4v) is 4.18. The molecule has 0 unspecified atom stereocenters. The van der Waals surface area contributed by atoms with Crippen molar-refractivity contribution in [1.82, 2.24) is 9.55 Å². The molecule has 1 amide bonds. The Kier molecular flexibility index (Phi) is 5.51. The number of ether oxygens (including phenoxy) is 1. The molecule has 1 saturated heterocycles. The maximum Gasteiger partial charge on any atom is 0.270 e. The van der Waals surface area contributed by atoms with Gasteiger partial charge in [-0.3, -0.25) is 9.69 Å². The van der Waals surface area contributed by atoms with Gasteiger partial charge in [-0.2, -0.15) is 0 Å². The molecule has 5 nitrogen and oxygen atoms in total. The highest BCUT2D eigenvalue weighted by Gasteiger charge is 2.33. The third-order valence-corrected chi connectivity index (χ3v) is 5.85. The summed E-state index contributed by atoms with van der Waals surface area (Å²) < 4.78 is 8.24. The van der Waals surface area contributed by atoms with Gasteiger partial charge in [0.1, 0.15) is 18.2 Å². The summed E-state index contributed by atoms with van der Waals surface area (Å²) in [4.78, 5) is 19.3. The highest BCUT2D eigenvalue weighted by atomic mass is 32.2. The van der Waals surface area contributed by atoms with E-state index in [1.165, 1.54) is 11.8 Å². The molecule has 2 aromatic carbocycles. The second-order valence-electron chi connectivity index (χ2n) is 6.66. The van der Waals surface area contributed by atoms with Crippen molar-refractivity contribution < 1.29 is 9.53 Å². The van der Waals surface area contributed by atoms with Crippen molar-refractivity contribution in [1.29, 1.82) is 0 Å². The maximum atomic E-state index is 12.9. The summed E-state index contributed by atoms with van der Waals surface area (Å²) in [6.07, 6.45) is 5.49. The van der Waals surface area contributed by atoms with Crippen LogP contribution in [0.5, 0.6) is 5.75 Å². The normalized spacial score (nSPS) is 15.4. The molecule has 0 aliphatic carbocycles. The molecule has 0 atom stereocenters. The Morgan fingerprint density at radius 3 is 2.52 bits per heavy atom. The molecule has 0 bridgehead atoms. The number of aromatic nitrogens is 2. The molecule has 2 heterocycles. The first-order valence-corrected chi connectivity index (χ1v) is 10.3. The van der Waals surface area contributed by atoms with E-state index in [2.05, 4.69) is 4.98 Å². The van der Waals surface area contributed by atoms with Crippen molar-refractivity contribution >= 4 is 46.0 Å². The van der Waals surface area contributed by atoms with E-state index in [0.29, 0.717) is 15.8 Å². The third kappa shape index (κ3) is 4.26. The lowest BCUT2D eigenvalue weighted by Gasteiger charge is -2.14. The standard InChI is InChI=1S/C22H19N3O2S2/c1-15-3-7-17(8-4-15)25-21(26)19(29-22(25)28)13-16-5-9-18(10-6-16)27-14-20-23-11-12-24(20)2/h3-13H,14H2,1-2H3/b19-13+. The number of carbonyl (C=O) groups excluding carboxylic acids is 1. The number of hydrogen-bond acceptors (Lipinski definition) is 5. The molecule has 29 heavy (non-hydrogen) atoms. The molecule has 4 rings (SSSR count). The molecule has 1 aliphatic rings. The third-order valence-electron chi connectivity index (χ3n) is 4.55. The topological polar surface area (TPSA) is 47.4 Å². The summed E-state index contributed by atoms with van der Waals surface area (Å²) in [7, 11) is 1.93. The number of carbonyl (C=O) groups is 1. The SMILES string of the molecule is Cc1ccc(N2C(=O)/C(=C\c3ccc(OCc4nccn4C)cc3)SC2=S)cc1. The van der Waals surface area contributed by atoms with Crippen molar-refractivity contribution in [3.05, 3.63) is 82.8 Å². The van der Waals surface area contributed by atoms with Gasteiger partial charge in [-0.15, -0.1) is 0 Å². The van der Waals surface area contributed by atoms with Gasteiger partial charge in [0.05, 0.1) is 10.6 Å². The van der Waals surface area contributed by atoms with Crippen LogP contribution in [0, 0.1) is 6.92 Å². The first kappa shape index (κ1) is 19.4. The molecule has 0 saturated carbocycles. The van der Waals surface area contributed by atoms with Crippen LogP contribution in [0.3, 0.4) is 0 Å². The van der Waals surface area contributed by atoms with Crippen LogP contribution in [-0.4, -0.2) is 19.8 Å². The number of thiocarbonyl (C=S) groups is 1. The summed E-state index contributed by atoms with van der Waals surface area (Å²) in [5.41, 5.74) is 2.85. The number of benzene rings is 2. The molecule has 0 N–H and O–H groups in total. The maximum absolute atomic E-state index is 12.9. The van der Waals surface area contributed by atoms with Crippen LogP contribution < -0.4 is 9.64 Å². The second-order valence-corrected chi connectivity index (χ2v) is 8.34. The molecule has 1 aromatic heterocycles. The molecular formula is C22H19N3O2S2. The lowest BCUT2D eigenvalue weighted by atomic mass is 10.2. The van der Waals surface area contributed by atoms with E-state index in [1.54, 1.807) is 11.1 Å². The molecule has 0 spiro atoms. The van der Waals surface area contributed by atoms with E-state index in [1.807, 2.05) is 79.3 Å². The van der Waals surface area contributed by atoms with Crippen LogP contribution in [0.25, 0.3) is 6.08 Å². The zero-order valence-electron chi connectivity index (χ0n) is 16.0. The zero-order valence-corrected chi connectivity index (χ0v) is 17.7. The molecule has 146 valence electrons. The van der Waals surface area contributed by atoms with E-state index in [-0.39, 0.29) is 5.91 Å². The summed E-state index contributed by atoms with van der Waals surface area (Å²) in [6, 6.07) is 15.4. The number of aryl methyl sites for hydroxylation is 2. The fourth-order valence-electron chi connectivity index (χ4n) is 2.88. The van der Waals surface area contributed by atoms with E-state index in [4.69, 9.17) is 17.0 Å². The molecule has 7 heteroatoms. The lowest BCUT2D eigenvalue weighted by Crippen LogP contribution is -2.27. The number of imidazole rings is 1. The number of thioether (sulfide) groups is 1. The van der Waals surface area contributed by atoms with Gasteiger partial charge < -0.3 is 9.30 Å². The van der Waals surface area contributed by atoms with Gasteiger partial charge >= 0.3 is 0 Å². The minimum atomic E-state index is -0.0982. The van der Waals surface area contributed by atoms with Crippen molar-refractivity contribution in [2.24, 2.45) is 7.05 Å². The summed E-state index contributed by atoms with van der Waals surface area (Å²) in [5, 5.41) is 0. The average Bonchev–Trinajstić information content (AvgIpc) is 3.24. The predicted molar refractivity (Wildman–Crippen MR) is 121 cm³/mol. The van der Waals surface area contributed by atoms with E-state index in [0.717, 1.165) is 28.4 Å². The number of nitrogens with zero attached hydrogens (tertiary/aromatic N) is 3. The van der Waals surface area contributed by atoms with Gasteiger partial charge in [-0.05, 0) is 42.8 Å². The Hall–Kier alpha value is -2.90. The molecule has 1 aliphatic heterocycles. The monoisotopic (exact) mass is 421 g/mol. The first-order chi connectivity index (χ1) is 14.0. The quantitative estimate of drug-likeness (QED) is 0.441. The Bertz CT molecular complexity index is 1090. The highest BCUT2D eigenvalue weighted by Crippen LogP contribution is 2.36. The summed E-state index contributed by atoms with van der Waals surface area (Å²) >= 11 is 6.75. The van der Waals surface area contributed by atoms with Crippen molar-refractivity contribution in [3.63, 3.8) is 0 Å². The van der Waals surface area contributed by atoms with E-state index in [9.17, 15) is 4.79 Å². The molecule has 1 fully saturated rings. The largest absolute Gasteiger partial charge is 0.486 e. The van der Waals surface area contributed by atoms with Crippen LogP contribution in [0.4, 0.5) is 5.69 Å². The van der Waals surface area contributed by atoms with Gasteiger partial charge in [0.25, 0.3) is 5.91 Å². The second kappa shape index (κ2) is 8.23. The Balaban J connectivity index is 1.46. The first-order valence-electron chi connectivity index (χ1n) is 9.05. The Morgan fingerprint density at radius 2 is 1.86 bits per heavy atom. The average molecular weight is 422 g/mol. The van der Waals surface area contributed by atoms with Crippen molar-refractivity contribution in [2.75, 3.05) is 4.90 Å². The zero-order chi connectivity index (χ0) is 20.4. The van der Waals surface area contributed by atoms with E-state index >= 15 is 0 Å². The van der Waals surface area contributed by atoms with Crippen LogP contribution >= 0.6 is 24.0 Å². The van der Waals surface area contributed by atoms with Crippen LogP contribution in [0.15, 0.2) is 65.8 Å². The highest BCUT2D eigenvalue weighted by molar-refractivity contribution is 8.27. The minimum absolute atomic E-state index is 0.0982. The molecule has 0 radical (unpaired) electrons. The number of rotatable bonds is 5. The smallest absolute Gasteiger partial charge is 0.270 e. The van der Waals surface area contributed by atoms with Gasteiger partial charge in [-0.1, -0.05) is 53.8 Å². The van der Waals surface area contributed by atoms with Gasteiger partial charge in [-0.25, -0.2) is 4.98 Å². The number of hydrogen-bond donors (Lipinski definition) is 0. The van der Waals surface area contributed by atoms with Crippen LogP contribution in [0.2, 0.25) is 0 Å². The van der Waals surface area contributed by atoms with Gasteiger partial charge in [0, 0.05) is 19.4 Å². The van der Waals surface area contributed by atoms with Crippen LogP contribution in [-0.2, 0) is 18.4 Å². The minimum Gasteiger partial charge on any atom is -0.486 e. The predicted octanol–water partition coefficient (Wildman–Crippen LogP) is 4.71. The number of anilines is 1. The van der Waals surface area contributed by atoms with Crippen LogP contribution in [0.1, 0.15) is 17.0 Å². The number of amides is 1. The van der Waals surface area contributed by atoms with E-state index < -0.39 is 0 Å². The summed E-state index contributed by atoms with van der Waals surface area (Å²) in [5.74, 6) is 1.50. The van der Waals surface area contributed by atoms with Crippen molar-refractivity contribution in [3.8, 4) is 5.75 Å². The fraction of sp³-hybridized carbons (Fsp3) is 0.136. The summed E-state index contributed by atoms with van der Waals surface area (Å²) in [6.45, 7) is 2.41. The van der Waals surface area contributed by atoms with Gasteiger partial charge in [0.2, 0.25) is 0 Å². The molecular weight excluding hydrogens is 402 g/mol.